The first-order valence-corrected chi connectivity index (χ1v) is 11.5. The van der Waals surface area contributed by atoms with Crippen molar-refractivity contribution in [3.63, 3.8) is 0 Å². The Morgan fingerprint density at radius 2 is 1.74 bits per heavy atom. The molecule has 3 heterocycles. The Labute approximate surface area is 202 Å². The average molecular weight is 476 g/mol. The summed E-state index contributed by atoms with van der Waals surface area (Å²) in [6.07, 6.45) is 2.49. The summed E-state index contributed by atoms with van der Waals surface area (Å²) in [6.45, 7) is 2.62. The average Bonchev–Trinajstić information content (AvgIpc) is 3.32. The van der Waals surface area contributed by atoms with Gasteiger partial charge in [0.2, 0.25) is 11.8 Å². The van der Waals surface area contributed by atoms with Gasteiger partial charge < -0.3 is 9.64 Å². The number of ketones is 1. The largest absolute Gasteiger partial charge is 0.385 e. The van der Waals surface area contributed by atoms with Gasteiger partial charge in [0, 0.05) is 49.2 Å². The number of anilines is 1. The van der Waals surface area contributed by atoms with E-state index in [1.54, 1.807) is 7.11 Å². The molecule has 0 spiro atoms. The lowest BCUT2D eigenvalue weighted by Crippen LogP contribution is -2.49. The molecule has 0 N–H and O–H groups in total. The molecule has 5 rings (SSSR count). The van der Waals surface area contributed by atoms with E-state index in [2.05, 4.69) is 0 Å². The molecular formula is C26H25N3O6. The number of nitrogens with zero attached hydrogens (tertiary/aromatic N) is 3. The molecule has 0 unspecified atom stereocenters. The summed E-state index contributed by atoms with van der Waals surface area (Å²) in [6, 6.07) is 11.7. The van der Waals surface area contributed by atoms with Crippen LogP contribution in [0.2, 0.25) is 0 Å². The molecule has 3 aliphatic rings. The topological polar surface area (TPSA) is 110 Å². The Bertz CT molecular complexity index is 1250. The number of non-ortho nitro benzene ring substituents is 1. The van der Waals surface area contributed by atoms with Crippen LogP contribution in [-0.2, 0) is 14.3 Å². The first kappa shape index (κ1) is 22.9. The highest BCUT2D eigenvalue weighted by Gasteiger charge is 2.64. The lowest BCUT2D eigenvalue weighted by atomic mass is 9.85. The van der Waals surface area contributed by atoms with E-state index in [0.717, 1.165) is 16.8 Å². The van der Waals surface area contributed by atoms with E-state index in [1.807, 2.05) is 42.2 Å². The van der Waals surface area contributed by atoms with Gasteiger partial charge in [0.15, 0.2) is 5.78 Å². The number of amides is 2. The van der Waals surface area contributed by atoms with Crippen LogP contribution in [-0.4, -0.2) is 59.8 Å². The number of carbonyl (C=O) groups is 3. The number of benzene rings is 2. The monoisotopic (exact) mass is 475 g/mol. The minimum absolute atomic E-state index is 0.123. The third kappa shape index (κ3) is 3.54. The van der Waals surface area contributed by atoms with Gasteiger partial charge in [-0.3, -0.25) is 29.4 Å². The van der Waals surface area contributed by atoms with E-state index >= 15 is 0 Å². The van der Waals surface area contributed by atoms with Crippen molar-refractivity contribution in [1.29, 1.82) is 0 Å². The number of hydrogen-bond donors (Lipinski definition) is 0. The molecule has 2 amide bonds. The zero-order valence-electron chi connectivity index (χ0n) is 19.4. The number of hydrogen-bond acceptors (Lipinski definition) is 7. The third-order valence-corrected chi connectivity index (χ3v) is 7.21. The van der Waals surface area contributed by atoms with E-state index < -0.39 is 28.8 Å². The number of carbonyl (C=O) groups excluding carboxylic acids is 3. The zero-order valence-corrected chi connectivity index (χ0v) is 19.4. The van der Waals surface area contributed by atoms with Gasteiger partial charge in [0.05, 0.1) is 22.8 Å². The van der Waals surface area contributed by atoms with Crippen LogP contribution in [0.4, 0.5) is 11.4 Å². The maximum atomic E-state index is 13.9. The number of rotatable bonds is 7. The number of fused-ring (bicyclic) bond motifs is 5. The van der Waals surface area contributed by atoms with Gasteiger partial charge in [0.25, 0.3) is 5.69 Å². The standard InChI is InChI=1S/C26H25N3O6/c1-15-14-20-21-22(26(32)27(25(21)31)12-5-13-35-2)23(28(20)19-7-4-3-6-18(15)19)24(30)16-8-10-17(11-9-16)29(33)34/h3-4,6-11,14,20-23H,5,12-13H2,1-2H3/t20-,21-,22-,23-/m0/s1. The Morgan fingerprint density at radius 1 is 1.06 bits per heavy atom. The van der Waals surface area contributed by atoms with Crippen molar-refractivity contribution in [2.45, 2.75) is 25.4 Å². The number of imide groups is 1. The first-order valence-electron chi connectivity index (χ1n) is 11.5. The molecule has 2 fully saturated rings. The van der Waals surface area contributed by atoms with Crippen molar-refractivity contribution in [3.05, 3.63) is 75.8 Å². The number of nitro benzene ring substituents is 1. The second kappa shape index (κ2) is 8.74. The number of ether oxygens (including phenoxy) is 1. The van der Waals surface area contributed by atoms with Crippen LogP contribution < -0.4 is 4.90 Å². The Morgan fingerprint density at radius 3 is 2.43 bits per heavy atom. The number of likely N-dealkylation sites (tertiary alicyclic amines) is 1. The summed E-state index contributed by atoms with van der Waals surface area (Å²) < 4.78 is 5.08. The maximum Gasteiger partial charge on any atom is 0.269 e. The van der Waals surface area contributed by atoms with E-state index in [4.69, 9.17) is 4.74 Å². The fourth-order valence-electron chi connectivity index (χ4n) is 5.66. The van der Waals surface area contributed by atoms with E-state index in [9.17, 15) is 24.5 Å². The van der Waals surface area contributed by atoms with Crippen molar-refractivity contribution >= 4 is 34.5 Å². The van der Waals surface area contributed by atoms with Gasteiger partial charge in [0.1, 0.15) is 6.04 Å². The van der Waals surface area contributed by atoms with Crippen LogP contribution in [0.5, 0.6) is 0 Å². The zero-order chi connectivity index (χ0) is 24.9. The molecule has 4 atom stereocenters. The first-order chi connectivity index (χ1) is 16.8. The molecule has 9 heteroatoms. The summed E-state index contributed by atoms with van der Waals surface area (Å²) in [5, 5.41) is 11.1. The van der Waals surface area contributed by atoms with E-state index in [-0.39, 0.29) is 35.4 Å². The molecule has 2 aromatic rings. The highest BCUT2D eigenvalue weighted by atomic mass is 16.6. The summed E-state index contributed by atoms with van der Waals surface area (Å²) >= 11 is 0. The van der Waals surface area contributed by atoms with Crippen molar-refractivity contribution < 1.29 is 24.0 Å². The van der Waals surface area contributed by atoms with Crippen molar-refractivity contribution in [2.75, 3.05) is 25.2 Å². The molecule has 2 aromatic carbocycles. The van der Waals surface area contributed by atoms with Gasteiger partial charge in [-0.25, -0.2) is 0 Å². The highest BCUT2D eigenvalue weighted by molar-refractivity contribution is 6.14. The van der Waals surface area contributed by atoms with Crippen molar-refractivity contribution in [2.24, 2.45) is 11.8 Å². The lowest BCUT2D eigenvalue weighted by molar-refractivity contribution is -0.384. The highest BCUT2D eigenvalue weighted by Crippen LogP contribution is 2.50. The molecule has 35 heavy (non-hydrogen) atoms. The molecular weight excluding hydrogens is 450 g/mol. The predicted molar refractivity (Wildman–Crippen MR) is 128 cm³/mol. The van der Waals surface area contributed by atoms with E-state index in [1.165, 1.54) is 29.2 Å². The van der Waals surface area contributed by atoms with Crippen molar-refractivity contribution in [3.8, 4) is 0 Å². The Kier molecular flexibility index (Phi) is 5.72. The molecule has 2 saturated heterocycles. The van der Waals surface area contributed by atoms with Gasteiger partial charge in [-0.2, -0.15) is 0 Å². The van der Waals surface area contributed by atoms with Gasteiger partial charge in [-0.1, -0.05) is 24.3 Å². The molecule has 0 radical (unpaired) electrons. The number of para-hydroxylation sites is 1. The molecule has 0 aromatic heterocycles. The molecule has 0 bridgehead atoms. The molecule has 3 aliphatic heterocycles. The number of Topliss-reactive ketones (excluding diaryl/α,β-unsaturated/α-hetero) is 1. The lowest BCUT2D eigenvalue weighted by Gasteiger charge is -2.38. The summed E-state index contributed by atoms with van der Waals surface area (Å²) in [5.41, 5.74) is 2.88. The summed E-state index contributed by atoms with van der Waals surface area (Å²) in [7, 11) is 1.56. The fraction of sp³-hybridized carbons (Fsp3) is 0.346. The Hall–Kier alpha value is -3.85. The van der Waals surface area contributed by atoms with Crippen LogP contribution in [0.25, 0.3) is 5.57 Å². The predicted octanol–water partition coefficient (Wildman–Crippen LogP) is 3.09. The van der Waals surface area contributed by atoms with Gasteiger partial charge in [-0.15, -0.1) is 0 Å². The van der Waals surface area contributed by atoms with Crippen LogP contribution in [0.15, 0.2) is 54.6 Å². The van der Waals surface area contributed by atoms with Crippen LogP contribution >= 0.6 is 0 Å². The number of allylic oxidation sites excluding steroid dienone is 1. The van der Waals surface area contributed by atoms with Gasteiger partial charge in [-0.05, 0) is 37.1 Å². The smallest absolute Gasteiger partial charge is 0.269 e. The summed E-state index contributed by atoms with van der Waals surface area (Å²) in [5.74, 6) is -2.48. The van der Waals surface area contributed by atoms with Crippen LogP contribution in [0.3, 0.4) is 0 Å². The molecule has 180 valence electrons. The third-order valence-electron chi connectivity index (χ3n) is 7.21. The fourth-order valence-corrected chi connectivity index (χ4v) is 5.66. The normalized spacial score (nSPS) is 24.7. The second-order valence-corrected chi connectivity index (χ2v) is 9.10. The Balaban J connectivity index is 1.59. The van der Waals surface area contributed by atoms with Gasteiger partial charge >= 0.3 is 0 Å². The maximum absolute atomic E-state index is 13.9. The van der Waals surface area contributed by atoms with Crippen molar-refractivity contribution in [1.82, 2.24) is 4.90 Å². The molecule has 9 nitrogen and oxygen atoms in total. The van der Waals surface area contributed by atoms with Crippen LogP contribution in [0.1, 0.15) is 29.3 Å². The number of nitro groups is 1. The molecule has 0 aliphatic carbocycles. The summed E-state index contributed by atoms with van der Waals surface area (Å²) in [4.78, 5) is 54.7. The number of methoxy groups -OCH3 is 1. The SMILES string of the molecule is COCCCN1C(=O)[C@@H]2[C@H](C1=O)[C@@H](C(=O)c1ccc([N+](=O)[O-])cc1)N1c3ccccc3C(C)=C[C@@H]21. The minimum atomic E-state index is -0.902. The second-order valence-electron chi connectivity index (χ2n) is 9.10. The van der Waals surface area contributed by atoms with E-state index in [0.29, 0.717) is 13.0 Å². The minimum Gasteiger partial charge on any atom is -0.385 e. The quantitative estimate of drug-likeness (QED) is 0.199. The van der Waals surface area contributed by atoms with Crippen LogP contribution in [0, 0.1) is 22.0 Å². The molecule has 0 saturated carbocycles.